The first-order chi connectivity index (χ1) is 11.0. The highest BCUT2D eigenvalue weighted by atomic mass is 35.5. The number of amides is 1. The molecule has 0 aliphatic heterocycles. The van der Waals surface area contributed by atoms with Crippen LogP contribution in [-0.2, 0) is 4.52 Å². The Balaban J connectivity index is 2.31. The van der Waals surface area contributed by atoms with E-state index in [0.717, 1.165) is 16.2 Å². The van der Waals surface area contributed by atoms with Crippen LogP contribution in [0.25, 0.3) is 10.9 Å². The summed E-state index contributed by atoms with van der Waals surface area (Å²) in [6.07, 6.45) is 0. The van der Waals surface area contributed by atoms with Crippen molar-refractivity contribution in [1.29, 1.82) is 0 Å². The Kier molecular flexibility index (Phi) is 4.60. The Bertz CT molecular complexity index is 895. The molecule has 1 aromatic heterocycles. The minimum Gasteiger partial charge on any atom is -0.364 e. The number of halogens is 2. The number of aromatic amines is 1. The number of hydrogen-bond donors (Lipinski definition) is 2. The van der Waals surface area contributed by atoms with Crippen molar-refractivity contribution < 1.29 is 9.32 Å². The Morgan fingerprint density at radius 2 is 1.96 bits per heavy atom. The molecule has 0 saturated carbocycles. The highest BCUT2D eigenvalue weighted by Crippen LogP contribution is 2.40. The van der Waals surface area contributed by atoms with Gasteiger partial charge in [0.05, 0.1) is 13.2 Å². The molecule has 1 heterocycles. The van der Waals surface area contributed by atoms with Crippen LogP contribution in [0.15, 0.2) is 42.5 Å². The lowest BCUT2D eigenvalue weighted by Crippen LogP contribution is -2.23. The Morgan fingerprint density at radius 3 is 2.61 bits per heavy atom. The molecule has 0 radical (unpaired) electrons. The van der Waals surface area contributed by atoms with Crippen molar-refractivity contribution in [2.24, 2.45) is 5.73 Å². The van der Waals surface area contributed by atoms with Crippen LogP contribution in [0, 0.1) is 0 Å². The van der Waals surface area contributed by atoms with Gasteiger partial charge in [0.1, 0.15) is 5.69 Å². The monoisotopic (exact) mass is 366 g/mol. The van der Waals surface area contributed by atoms with Crippen LogP contribution < -0.4 is 16.3 Å². The standard InChI is InChI=1S/C16H13Cl2N2O2P/c1-22-23(13-5-3-2-4-11(13)18)15-10-8-9(17)6-7-12(10)20-14(15)16(19)21/h2-8,20H,1H3,(H2,19,21). The van der Waals surface area contributed by atoms with Crippen LogP contribution in [0.3, 0.4) is 0 Å². The molecule has 23 heavy (non-hydrogen) atoms. The lowest BCUT2D eigenvalue weighted by Gasteiger charge is -2.17. The molecule has 1 amide bonds. The fourth-order valence-electron chi connectivity index (χ4n) is 2.47. The van der Waals surface area contributed by atoms with Gasteiger partial charge in [-0.3, -0.25) is 4.79 Å². The molecule has 3 aromatic rings. The van der Waals surface area contributed by atoms with Gasteiger partial charge in [-0.15, -0.1) is 0 Å². The first kappa shape index (κ1) is 16.3. The highest BCUT2D eigenvalue weighted by molar-refractivity contribution is 7.69. The quantitative estimate of drug-likeness (QED) is 0.693. The lowest BCUT2D eigenvalue weighted by atomic mass is 10.2. The predicted molar refractivity (Wildman–Crippen MR) is 96.5 cm³/mol. The van der Waals surface area contributed by atoms with Crippen molar-refractivity contribution in [3.63, 3.8) is 0 Å². The average Bonchev–Trinajstić information content (AvgIpc) is 2.89. The van der Waals surface area contributed by atoms with Crippen LogP contribution in [0.1, 0.15) is 10.5 Å². The van der Waals surface area contributed by atoms with Crippen molar-refractivity contribution in [2.75, 3.05) is 7.11 Å². The molecule has 0 aliphatic rings. The van der Waals surface area contributed by atoms with Crippen LogP contribution in [-0.4, -0.2) is 18.0 Å². The van der Waals surface area contributed by atoms with E-state index < -0.39 is 14.1 Å². The number of benzene rings is 2. The number of carbonyl (C=O) groups is 1. The van der Waals surface area contributed by atoms with E-state index in [2.05, 4.69) is 4.98 Å². The second kappa shape index (κ2) is 6.50. The summed E-state index contributed by atoms with van der Waals surface area (Å²) in [5.41, 5.74) is 6.63. The molecule has 2 aromatic carbocycles. The maximum atomic E-state index is 11.9. The third-order valence-electron chi connectivity index (χ3n) is 3.44. The van der Waals surface area contributed by atoms with Gasteiger partial charge in [-0.25, -0.2) is 0 Å². The average molecular weight is 367 g/mol. The second-order valence-electron chi connectivity index (χ2n) is 4.83. The van der Waals surface area contributed by atoms with Gasteiger partial charge >= 0.3 is 0 Å². The number of carbonyl (C=O) groups excluding carboxylic acids is 1. The number of hydrogen-bond acceptors (Lipinski definition) is 2. The lowest BCUT2D eigenvalue weighted by molar-refractivity contribution is 0.0997. The van der Waals surface area contributed by atoms with E-state index in [1.807, 2.05) is 24.3 Å². The summed E-state index contributed by atoms with van der Waals surface area (Å²) in [6.45, 7) is 0. The number of nitrogens with one attached hydrogen (secondary N) is 1. The van der Waals surface area contributed by atoms with Crippen molar-refractivity contribution in [2.45, 2.75) is 0 Å². The van der Waals surface area contributed by atoms with Gasteiger partial charge in [0, 0.05) is 33.6 Å². The van der Waals surface area contributed by atoms with E-state index in [4.69, 9.17) is 33.5 Å². The SMILES string of the molecule is COP(c1ccccc1Cl)c1c(C(N)=O)[nH]c2ccc(Cl)cc12. The molecule has 0 spiro atoms. The maximum Gasteiger partial charge on any atom is 0.265 e. The second-order valence-corrected chi connectivity index (χ2v) is 7.56. The highest BCUT2D eigenvalue weighted by Gasteiger charge is 2.26. The molecule has 7 heteroatoms. The normalized spacial score (nSPS) is 12.5. The molecule has 0 aliphatic carbocycles. The molecule has 0 saturated heterocycles. The summed E-state index contributed by atoms with van der Waals surface area (Å²) in [5, 5.41) is 3.46. The zero-order valence-electron chi connectivity index (χ0n) is 12.1. The zero-order chi connectivity index (χ0) is 16.6. The third kappa shape index (κ3) is 2.96. The molecule has 3 N–H and O–H groups in total. The van der Waals surface area contributed by atoms with Gasteiger partial charge in [-0.2, -0.15) is 0 Å². The van der Waals surface area contributed by atoms with Crippen LogP contribution in [0.2, 0.25) is 10.0 Å². The van der Waals surface area contributed by atoms with Gasteiger partial charge in [0.25, 0.3) is 5.91 Å². The third-order valence-corrected chi connectivity index (χ3v) is 6.20. The summed E-state index contributed by atoms with van der Waals surface area (Å²) >= 11 is 12.4. The van der Waals surface area contributed by atoms with E-state index in [1.165, 1.54) is 0 Å². The molecule has 1 unspecified atom stereocenters. The minimum atomic E-state index is -1.32. The van der Waals surface area contributed by atoms with Crippen molar-refractivity contribution >= 4 is 58.8 Å². The Morgan fingerprint density at radius 1 is 1.22 bits per heavy atom. The van der Waals surface area contributed by atoms with E-state index >= 15 is 0 Å². The number of H-pyrrole nitrogens is 1. The first-order valence-corrected chi connectivity index (χ1v) is 8.74. The largest absolute Gasteiger partial charge is 0.364 e. The molecular formula is C16H13Cl2N2O2P. The molecule has 1 atom stereocenters. The summed E-state index contributed by atoms with van der Waals surface area (Å²) in [6, 6.07) is 12.7. The number of primary amides is 1. The summed E-state index contributed by atoms with van der Waals surface area (Å²) in [4.78, 5) is 14.9. The molecule has 118 valence electrons. The maximum absolute atomic E-state index is 11.9. The number of fused-ring (bicyclic) bond motifs is 1. The summed E-state index contributed by atoms with van der Waals surface area (Å²) in [7, 11) is 0.266. The van der Waals surface area contributed by atoms with Crippen LogP contribution >= 0.6 is 31.4 Å². The van der Waals surface area contributed by atoms with Crippen LogP contribution in [0.4, 0.5) is 0 Å². The van der Waals surface area contributed by atoms with Gasteiger partial charge in [0.2, 0.25) is 0 Å². The fraction of sp³-hybridized carbons (Fsp3) is 0.0625. The topological polar surface area (TPSA) is 68.1 Å². The zero-order valence-corrected chi connectivity index (χ0v) is 14.5. The molecule has 3 rings (SSSR count). The Labute approximate surface area is 144 Å². The summed E-state index contributed by atoms with van der Waals surface area (Å²) < 4.78 is 5.71. The van der Waals surface area contributed by atoms with E-state index in [9.17, 15) is 4.79 Å². The van der Waals surface area contributed by atoms with Gasteiger partial charge in [-0.05, 0) is 24.3 Å². The van der Waals surface area contributed by atoms with Crippen molar-refractivity contribution in [3.8, 4) is 0 Å². The Hall–Kier alpha value is -1.58. The number of nitrogens with two attached hydrogens (primary N) is 1. The van der Waals surface area contributed by atoms with Gasteiger partial charge < -0.3 is 15.2 Å². The van der Waals surface area contributed by atoms with Crippen molar-refractivity contribution in [1.82, 2.24) is 4.98 Å². The molecular weight excluding hydrogens is 354 g/mol. The summed E-state index contributed by atoms with van der Waals surface area (Å²) in [5.74, 6) is -0.552. The molecule has 0 bridgehead atoms. The minimum absolute atomic E-state index is 0.315. The molecule has 0 fully saturated rings. The predicted octanol–water partition coefficient (Wildman–Crippen LogP) is 3.57. The van der Waals surface area contributed by atoms with E-state index in [0.29, 0.717) is 21.0 Å². The van der Waals surface area contributed by atoms with Gasteiger partial charge in [-0.1, -0.05) is 41.4 Å². The fourth-order valence-corrected chi connectivity index (χ4v) is 4.89. The van der Waals surface area contributed by atoms with Gasteiger partial charge in [0.15, 0.2) is 0 Å². The van der Waals surface area contributed by atoms with E-state index in [1.54, 1.807) is 25.3 Å². The first-order valence-electron chi connectivity index (χ1n) is 6.72. The van der Waals surface area contributed by atoms with Crippen LogP contribution in [0.5, 0.6) is 0 Å². The van der Waals surface area contributed by atoms with Crippen molar-refractivity contribution in [3.05, 3.63) is 58.2 Å². The van der Waals surface area contributed by atoms with E-state index in [-0.39, 0.29) is 0 Å². The molecule has 4 nitrogen and oxygen atoms in total. The number of aromatic nitrogens is 1. The number of rotatable bonds is 4. The smallest absolute Gasteiger partial charge is 0.265 e.